The van der Waals surface area contributed by atoms with Crippen LogP contribution in [0.5, 0.6) is 0 Å². The SMILES string of the molecule is C[C@H](NC(=O)[C@H]1CCc2ccccc2N1)C(=O)NCc1ccc(C(=N)N)cc1. The Morgan fingerprint density at radius 2 is 1.93 bits per heavy atom. The minimum atomic E-state index is -0.636. The number of nitrogens with one attached hydrogen (secondary N) is 4. The van der Waals surface area contributed by atoms with Gasteiger partial charge in [-0.15, -0.1) is 0 Å². The number of carbonyl (C=O) groups excluding carboxylic acids is 2. The highest BCUT2D eigenvalue weighted by Gasteiger charge is 2.26. The number of aryl methyl sites for hydroxylation is 1. The topological polar surface area (TPSA) is 120 Å². The van der Waals surface area contributed by atoms with Gasteiger partial charge in [-0.1, -0.05) is 42.5 Å². The molecule has 0 unspecified atom stereocenters. The minimum Gasteiger partial charge on any atom is -0.384 e. The maximum absolute atomic E-state index is 12.5. The maximum Gasteiger partial charge on any atom is 0.243 e. The van der Waals surface area contributed by atoms with Crippen molar-refractivity contribution >= 4 is 23.3 Å². The number of anilines is 1. The zero-order valence-electron chi connectivity index (χ0n) is 15.8. The first-order chi connectivity index (χ1) is 13.4. The lowest BCUT2D eigenvalue weighted by Crippen LogP contribution is -2.50. The molecule has 6 N–H and O–H groups in total. The van der Waals surface area contributed by atoms with E-state index in [1.54, 1.807) is 19.1 Å². The second-order valence-electron chi connectivity index (χ2n) is 6.95. The molecule has 0 bridgehead atoms. The average molecular weight is 379 g/mol. The van der Waals surface area contributed by atoms with Gasteiger partial charge in [-0.25, -0.2) is 0 Å². The summed E-state index contributed by atoms with van der Waals surface area (Å²) >= 11 is 0. The molecule has 28 heavy (non-hydrogen) atoms. The molecule has 7 nitrogen and oxygen atoms in total. The fraction of sp³-hybridized carbons (Fsp3) is 0.286. The number of carbonyl (C=O) groups is 2. The van der Waals surface area contributed by atoms with Gasteiger partial charge in [-0.05, 0) is 37.0 Å². The van der Waals surface area contributed by atoms with Crippen LogP contribution >= 0.6 is 0 Å². The molecule has 0 spiro atoms. The fourth-order valence-corrected chi connectivity index (χ4v) is 3.16. The Hall–Kier alpha value is -3.35. The molecule has 0 radical (unpaired) electrons. The smallest absolute Gasteiger partial charge is 0.243 e. The number of benzene rings is 2. The molecule has 1 heterocycles. The van der Waals surface area contributed by atoms with Crippen molar-refractivity contribution in [3.63, 3.8) is 0 Å². The van der Waals surface area contributed by atoms with E-state index in [2.05, 4.69) is 22.0 Å². The standard InChI is InChI=1S/C21H25N5O2/c1-13(20(27)24-12-14-6-8-16(9-7-14)19(22)23)25-21(28)18-11-10-15-4-2-3-5-17(15)26-18/h2-9,13,18,26H,10-12H2,1H3,(H3,22,23)(H,24,27)(H,25,28)/t13-,18+/m0/s1. The van der Waals surface area contributed by atoms with E-state index in [-0.39, 0.29) is 23.7 Å². The predicted molar refractivity (Wildman–Crippen MR) is 109 cm³/mol. The van der Waals surface area contributed by atoms with Crippen molar-refractivity contribution in [3.8, 4) is 0 Å². The highest BCUT2D eigenvalue weighted by Crippen LogP contribution is 2.24. The third-order valence-corrected chi connectivity index (χ3v) is 4.85. The van der Waals surface area contributed by atoms with Crippen LogP contribution in [0.15, 0.2) is 48.5 Å². The molecule has 0 saturated carbocycles. The van der Waals surface area contributed by atoms with Crippen molar-refractivity contribution < 1.29 is 9.59 Å². The molecule has 2 atom stereocenters. The summed E-state index contributed by atoms with van der Waals surface area (Å²) in [7, 11) is 0. The van der Waals surface area contributed by atoms with E-state index in [0.29, 0.717) is 18.5 Å². The Morgan fingerprint density at radius 3 is 2.64 bits per heavy atom. The summed E-state index contributed by atoms with van der Waals surface area (Å²) in [6.07, 6.45) is 1.53. The molecule has 0 fully saturated rings. The summed E-state index contributed by atoms with van der Waals surface area (Å²) in [5, 5.41) is 16.2. The fourth-order valence-electron chi connectivity index (χ4n) is 3.16. The van der Waals surface area contributed by atoms with Crippen LogP contribution in [0.1, 0.15) is 30.0 Å². The van der Waals surface area contributed by atoms with E-state index in [4.69, 9.17) is 11.1 Å². The Morgan fingerprint density at radius 1 is 1.21 bits per heavy atom. The second kappa shape index (κ2) is 8.56. The summed E-state index contributed by atoms with van der Waals surface area (Å²) in [6.45, 7) is 2.01. The maximum atomic E-state index is 12.5. The van der Waals surface area contributed by atoms with Gasteiger partial charge in [0.15, 0.2) is 0 Å². The van der Waals surface area contributed by atoms with Crippen LogP contribution in [-0.2, 0) is 22.6 Å². The predicted octanol–water partition coefficient (Wildman–Crippen LogP) is 1.52. The minimum absolute atomic E-state index is 0.00543. The van der Waals surface area contributed by atoms with Crippen LogP contribution in [0.25, 0.3) is 0 Å². The second-order valence-corrected chi connectivity index (χ2v) is 6.95. The Bertz CT molecular complexity index is 879. The quantitative estimate of drug-likeness (QED) is 0.386. The van der Waals surface area contributed by atoms with E-state index in [1.807, 2.05) is 30.3 Å². The third kappa shape index (κ3) is 4.68. The highest BCUT2D eigenvalue weighted by molar-refractivity contribution is 5.95. The summed E-state index contributed by atoms with van der Waals surface area (Å²) in [6, 6.07) is 14.0. The molecule has 146 valence electrons. The molecule has 7 heteroatoms. The lowest BCUT2D eigenvalue weighted by Gasteiger charge is -2.27. The molecular formula is C21H25N5O2. The van der Waals surface area contributed by atoms with Crippen LogP contribution in [0.4, 0.5) is 5.69 Å². The molecular weight excluding hydrogens is 354 g/mol. The van der Waals surface area contributed by atoms with E-state index in [0.717, 1.165) is 17.7 Å². The number of hydrogen-bond donors (Lipinski definition) is 5. The molecule has 2 amide bonds. The van der Waals surface area contributed by atoms with E-state index in [9.17, 15) is 9.59 Å². The van der Waals surface area contributed by atoms with Crippen LogP contribution in [0.3, 0.4) is 0 Å². The Kier molecular flexibility index (Phi) is 5.93. The van der Waals surface area contributed by atoms with Gasteiger partial charge in [0.2, 0.25) is 11.8 Å². The number of rotatable bonds is 6. The average Bonchev–Trinajstić information content (AvgIpc) is 2.71. The number of amides is 2. The zero-order valence-corrected chi connectivity index (χ0v) is 15.8. The molecule has 2 aromatic carbocycles. The van der Waals surface area contributed by atoms with E-state index in [1.165, 1.54) is 5.56 Å². The van der Waals surface area contributed by atoms with Crippen LogP contribution in [0, 0.1) is 5.41 Å². The van der Waals surface area contributed by atoms with Gasteiger partial charge in [-0.3, -0.25) is 15.0 Å². The van der Waals surface area contributed by atoms with Crippen molar-refractivity contribution in [2.24, 2.45) is 5.73 Å². The molecule has 0 saturated heterocycles. The van der Waals surface area contributed by atoms with Gasteiger partial charge >= 0.3 is 0 Å². The van der Waals surface area contributed by atoms with Gasteiger partial charge in [0, 0.05) is 17.8 Å². The molecule has 1 aliphatic rings. The Labute approximate surface area is 164 Å². The zero-order chi connectivity index (χ0) is 20.1. The van der Waals surface area contributed by atoms with Crippen molar-refractivity contribution in [2.45, 2.75) is 38.4 Å². The van der Waals surface area contributed by atoms with Crippen LogP contribution in [-0.4, -0.2) is 29.7 Å². The number of nitrogens with two attached hydrogens (primary N) is 1. The van der Waals surface area contributed by atoms with Gasteiger partial charge in [0.1, 0.15) is 17.9 Å². The summed E-state index contributed by atoms with van der Waals surface area (Å²) in [5.41, 5.74) is 9.13. The molecule has 3 rings (SSSR count). The monoisotopic (exact) mass is 379 g/mol. The van der Waals surface area contributed by atoms with Gasteiger partial charge in [-0.2, -0.15) is 0 Å². The normalized spacial score (nSPS) is 16.2. The van der Waals surface area contributed by atoms with Crippen molar-refractivity contribution in [3.05, 3.63) is 65.2 Å². The highest BCUT2D eigenvalue weighted by atomic mass is 16.2. The lowest BCUT2D eigenvalue weighted by atomic mass is 9.97. The van der Waals surface area contributed by atoms with Crippen molar-refractivity contribution in [1.82, 2.24) is 10.6 Å². The number of hydrogen-bond acceptors (Lipinski definition) is 4. The van der Waals surface area contributed by atoms with Crippen LogP contribution in [0.2, 0.25) is 0 Å². The van der Waals surface area contributed by atoms with Gasteiger partial charge in [0.05, 0.1) is 0 Å². The first kappa shape index (κ1) is 19.4. The summed E-state index contributed by atoms with van der Waals surface area (Å²) in [5.74, 6) is -0.422. The number of amidine groups is 1. The van der Waals surface area contributed by atoms with Gasteiger partial charge < -0.3 is 21.7 Å². The number of para-hydroxylation sites is 1. The van der Waals surface area contributed by atoms with Gasteiger partial charge in [0.25, 0.3) is 0 Å². The first-order valence-corrected chi connectivity index (χ1v) is 9.30. The van der Waals surface area contributed by atoms with E-state index >= 15 is 0 Å². The summed E-state index contributed by atoms with van der Waals surface area (Å²) < 4.78 is 0. The Balaban J connectivity index is 1.48. The van der Waals surface area contributed by atoms with Crippen LogP contribution < -0.4 is 21.7 Å². The largest absolute Gasteiger partial charge is 0.384 e. The molecule has 1 aliphatic heterocycles. The number of fused-ring (bicyclic) bond motifs is 1. The molecule has 2 aromatic rings. The first-order valence-electron chi connectivity index (χ1n) is 9.30. The van der Waals surface area contributed by atoms with Crippen molar-refractivity contribution in [2.75, 3.05) is 5.32 Å². The van der Waals surface area contributed by atoms with Crippen molar-refractivity contribution in [1.29, 1.82) is 5.41 Å². The molecule has 0 aromatic heterocycles. The lowest BCUT2D eigenvalue weighted by molar-refractivity contribution is -0.129. The number of nitrogen functional groups attached to an aromatic ring is 1. The summed E-state index contributed by atoms with van der Waals surface area (Å²) in [4.78, 5) is 24.8. The van der Waals surface area contributed by atoms with E-state index < -0.39 is 6.04 Å². The third-order valence-electron chi connectivity index (χ3n) is 4.85. The molecule has 0 aliphatic carbocycles.